The number of benzene rings is 1. The quantitative estimate of drug-likeness (QED) is 0.632. The van der Waals surface area contributed by atoms with Crippen LogP contribution >= 0.6 is 0 Å². The number of phenols is 1. The Kier molecular flexibility index (Phi) is 5.15. The molecule has 0 aliphatic rings. The molecule has 0 amide bonds. The topological polar surface area (TPSA) is 83.5 Å². The van der Waals surface area contributed by atoms with E-state index >= 15 is 0 Å². The predicted octanol–water partition coefficient (Wildman–Crippen LogP) is 3.31. The number of hydrogen-bond donors (Lipinski definition) is 3. The average molecular weight is 355 g/mol. The number of aromatic hydroxyl groups is 1. The molecule has 0 saturated heterocycles. The SMILES string of the molecule is Cc1cc(-n2c(C)cc(CN[C@@H](C)[C@H](O)c3ccc(O)cc3)c2C)no1. The van der Waals surface area contributed by atoms with Gasteiger partial charge in [-0.25, -0.2) is 0 Å². The molecule has 0 bridgehead atoms. The van der Waals surface area contributed by atoms with Crippen molar-refractivity contribution in [2.24, 2.45) is 0 Å². The average Bonchev–Trinajstić information content (AvgIpc) is 3.15. The normalized spacial score (nSPS) is 13.7. The van der Waals surface area contributed by atoms with Gasteiger partial charge in [-0.3, -0.25) is 0 Å². The second kappa shape index (κ2) is 7.35. The first kappa shape index (κ1) is 18.2. The molecule has 0 spiro atoms. The van der Waals surface area contributed by atoms with Crippen molar-refractivity contribution in [3.05, 3.63) is 64.7 Å². The molecule has 2 aromatic heterocycles. The van der Waals surface area contributed by atoms with Gasteiger partial charge in [0, 0.05) is 30.0 Å². The zero-order valence-electron chi connectivity index (χ0n) is 15.5. The Labute approximate surface area is 153 Å². The van der Waals surface area contributed by atoms with E-state index in [-0.39, 0.29) is 11.8 Å². The summed E-state index contributed by atoms with van der Waals surface area (Å²) in [6, 6.07) is 10.5. The molecule has 2 atom stereocenters. The molecular formula is C20H25N3O3. The summed E-state index contributed by atoms with van der Waals surface area (Å²) >= 11 is 0. The summed E-state index contributed by atoms with van der Waals surface area (Å²) < 4.78 is 7.25. The van der Waals surface area contributed by atoms with Crippen LogP contribution in [0.1, 0.15) is 41.3 Å². The third kappa shape index (κ3) is 3.66. The minimum atomic E-state index is -0.655. The van der Waals surface area contributed by atoms with Crippen LogP contribution in [0.5, 0.6) is 5.75 Å². The Morgan fingerprint density at radius 1 is 1.15 bits per heavy atom. The standard InChI is InChI=1S/C20H25N3O3/c1-12-9-17(15(4)23(12)19-10-13(2)26-22-19)11-21-14(3)20(25)16-5-7-18(24)8-6-16/h5-10,14,20-21,24-25H,11H2,1-4H3/t14-,20-/m0/s1. The summed E-state index contributed by atoms with van der Waals surface area (Å²) in [4.78, 5) is 0. The number of hydrogen-bond acceptors (Lipinski definition) is 5. The van der Waals surface area contributed by atoms with E-state index in [9.17, 15) is 10.2 Å². The van der Waals surface area contributed by atoms with Crippen LogP contribution in [-0.2, 0) is 6.54 Å². The Hall–Kier alpha value is -2.57. The van der Waals surface area contributed by atoms with Gasteiger partial charge in [-0.15, -0.1) is 0 Å². The summed E-state index contributed by atoms with van der Waals surface area (Å²) in [5.41, 5.74) is 4.09. The van der Waals surface area contributed by atoms with Crippen LogP contribution in [0, 0.1) is 20.8 Å². The monoisotopic (exact) mass is 355 g/mol. The molecule has 3 aromatic rings. The minimum Gasteiger partial charge on any atom is -0.508 e. The second-order valence-corrected chi connectivity index (χ2v) is 6.73. The van der Waals surface area contributed by atoms with Crippen molar-refractivity contribution >= 4 is 0 Å². The van der Waals surface area contributed by atoms with Gasteiger partial charge in [-0.05, 0) is 57.0 Å². The minimum absolute atomic E-state index is 0.142. The summed E-state index contributed by atoms with van der Waals surface area (Å²) in [5.74, 6) is 1.75. The second-order valence-electron chi connectivity index (χ2n) is 6.73. The number of nitrogens with one attached hydrogen (secondary N) is 1. The molecule has 2 heterocycles. The summed E-state index contributed by atoms with van der Waals surface area (Å²) in [6.45, 7) is 8.54. The van der Waals surface area contributed by atoms with E-state index in [1.165, 1.54) is 0 Å². The summed E-state index contributed by atoms with van der Waals surface area (Å²) in [5, 5.41) is 27.3. The summed E-state index contributed by atoms with van der Waals surface area (Å²) in [6.07, 6.45) is -0.655. The van der Waals surface area contributed by atoms with E-state index in [1.54, 1.807) is 24.3 Å². The molecule has 0 radical (unpaired) electrons. The number of rotatable bonds is 6. The number of aryl methyl sites for hydroxylation is 2. The number of aliphatic hydroxyl groups excluding tert-OH is 1. The lowest BCUT2D eigenvalue weighted by Gasteiger charge is -2.21. The molecule has 3 rings (SSSR count). The van der Waals surface area contributed by atoms with E-state index in [4.69, 9.17) is 4.52 Å². The Morgan fingerprint density at radius 3 is 2.46 bits per heavy atom. The van der Waals surface area contributed by atoms with Crippen molar-refractivity contribution in [3.8, 4) is 11.6 Å². The highest BCUT2D eigenvalue weighted by molar-refractivity contribution is 5.36. The molecule has 0 aliphatic carbocycles. The van der Waals surface area contributed by atoms with E-state index in [0.29, 0.717) is 6.54 Å². The Morgan fingerprint density at radius 2 is 1.85 bits per heavy atom. The number of nitrogens with zero attached hydrogens (tertiary/aromatic N) is 2. The first-order valence-electron chi connectivity index (χ1n) is 8.68. The zero-order chi connectivity index (χ0) is 18.8. The summed E-state index contributed by atoms with van der Waals surface area (Å²) in [7, 11) is 0. The van der Waals surface area contributed by atoms with Gasteiger partial charge < -0.3 is 24.6 Å². The van der Waals surface area contributed by atoms with E-state index in [2.05, 4.69) is 28.0 Å². The molecule has 6 nitrogen and oxygen atoms in total. The van der Waals surface area contributed by atoms with E-state index in [1.807, 2.05) is 26.8 Å². The van der Waals surface area contributed by atoms with E-state index in [0.717, 1.165) is 34.1 Å². The van der Waals surface area contributed by atoms with Crippen molar-refractivity contribution in [2.45, 2.75) is 46.4 Å². The highest BCUT2D eigenvalue weighted by Gasteiger charge is 2.18. The molecule has 1 aromatic carbocycles. The van der Waals surface area contributed by atoms with Gasteiger partial charge in [-0.1, -0.05) is 17.3 Å². The molecule has 6 heteroatoms. The van der Waals surface area contributed by atoms with Crippen LogP contribution in [0.25, 0.3) is 5.82 Å². The van der Waals surface area contributed by atoms with Gasteiger partial charge in [0.25, 0.3) is 0 Å². The number of aliphatic hydroxyl groups is 1. The number of aromatic nitrogens is 2. The largest absolute Gasteiger partial charge is 0.508 e. The van der Waals surface area contributed by atoms with Crippen molar-refractivity contribution in [1.29, 1.82) is 0 Å². The Balaban J connectivity index is 1.70. The smallest absolute Gasteiger partial charge is 0.180 e. The van der Waals surface area contributed by atoms with Gasteiger partial charge in [0.2, 0.25) is 0 Å². The Bertz CT molecular complexity index is 880. The number of phenolic OH excluding ortho intramolecular Hbond substituents is 1. The third-order valence-electron chi connectivity index (χ3n) is 4.70. The van der Waals surface area contributed by atoms with Crippen LogP contribution in [0.15, 0.2) is 40.9 Å². The first-order valence-corrected chi connectivity index (χ1v) is 8.68. The lowest BCUT2D eigenvalue weighted by Crippen LogP contribution is -2.31. The van der Waals surface area contributed by atoms with Crippen LogP contribution in [0.3, 0.4) is 0 Å². The van der Waals surface area contributed by atoms with Crippen molar-refractivity contribution < 1.29 is 14.7 Å². The molecule has 0 saturated carbocycles. The molecular weight excluding hydrogens is 330 g/mol. The maximum atomic E-state index is 10.5. The third-order valence-corrected chi connectivity index (χ3v) is 4.70. The van der Waals surface area contributed by atoms with Gasteiger partial charge in [-0.2, -0.15) is 0 Å². The zero-order valence-corrected chi connectivity index (χ0v) is 15.5. The van der Waals surface area contributed by atoms with Crippen LogP contribution in [0.2, 0.25) is 0 Å². The van der Waals surface area contributed by atoms with Crippen molar-refractivity contribution in [1.82, 2.24) is 15.0 Å². The fourth-order valence-corrected chi connectivity index (χ4v) is 3.16. The van der Waals surface area contributed by atoms with Crippen LogP contribution in [-0.4, -0.2) is 26.0 Å². The van der Waals surface area contributed by atoms with Crippen molar-refractivity contribution in [3.63, 3.8) is 0 Å². The molecule has 0 aliphatic heterocycles. The fraction of sp³-hybridized carbons (Fsp3) is 0.350. The molecule has 26 heavy (non-hydrogen) atoms. The van der Waals surface area contributed by atoms with Crippen molar-refractivity contribution in [2.75, 3.05) is 0 Å². The fourth-order valence-electron chi connectivity index (χ4n) is 3.16. The lowest BCUT2D eigenvalue weighted by atomic mass is 10.0. The van der Waals surface area contributed by atoms with Gasteiger partial charge in [0.1, 0.15) is 11.5 Å². The molecule has 138 valence electrons. The van der Waals surface area contributed by atoms with Crippen LogP contribution in [0.4, 0.5) is 0 Å². The predicted molar refractivity (Wildman–Crippen MR) is 99.4 cm³/mol. The molecule has 0 unspecified atom stereocenters. The maximum absolute atomic E-state index is 10.5. The highest BCUT2D eigenvalue weighted by atomic mass is 16.5. The lowest BCUT2D eigenvalue weighted by molar-refractivity contribution is 0.135. The van der Waals surface area contributed by atoms with Crippen LogP contribution < -0.4 is 5.32 Å². The van der Waals surface area contributed by atoms with Gasteiger partial charge in [0.15, 0.2) is 5.82 Å². The van der Waals surface area contributed by atoms with Gasteiger partial charge >= 0.3 is 0 Å². The first-order chi connectivity index (χ1) is 12.4. The molecule has 0 fully saturated rings. The molecule has 3 N–H and O–H groups in total. The maximum Gasteiger partial charge on any atom is 0.180 e. The highest BCUT2D eigenvalue weighted by Crippen LogP contribution is 2.23. The van der Waals surface area contributed by atoms with E-state index < -0.39 is 6.10 Å². The van der Waals surface area contributed by atoms with Gasteiger partial charge in [0.05, 0.1) is 6.10 Å².